The van der Waals surface area contributed by atoms with Gasteiger partial charge in [0.1, 0.15) is 6.04 Å². The number of likely N-dealkylation sites (N-methyl/N-ethyl adjacent to an activating group) is 1. The first-order chi connectivity index (χ1) is 9.81. The Bertz CT molecular complexity index is 522. The zero-order valence-electron chi connectivity index (χ0n) is 12.2. The largest absolute Gasteiger partial charge is 0.396 e. The molecule has 0 radical (unpaired) electrons. The number of hydrogen-bond acceptors (Lipinski definition) is 3. The van der Waals surface area contributed by atoms with E-state index in [9.17, 15) is 9.59 Å². The Morgan fingerprint density at radius 1 is 1.24 bits per heavy atom. The molecule has 0 spiro atoms. The van der Waals surface area contributed by atoms with Crippen LogP contribution in [0.2, 0.25) is 10.0 Å². The lowest BCUT2D eigenvalue weighted by Crippen LogP contribution is -2.46. The number of anilines is 1. The summed E-state index contributed by atoms with van der Waals surface area (Å²) in [5.74, 6) is -0.562. The molecule has 1 aromatic rings. The van der Waals surface area contributed by atoms with Gasteiger partial charge in [-0.25, -0.2) is 0 Å². The van der Waals surface area contributed by atoms with E-state index in [0.717, 1.165) is 0 Å². The third-order valence-corrected chi connectivity index (χ3v) is 3.76. The molecule has 5 nitrogen and oxygen atoms in total. The van der Waals surface area contributed by atoms with Crippen molar-refractivity contribution >= 4 is 40.7 Å². The number of benzene rings is 1. The maximum absolute atomic E-state index is 12.1. The Morgan fingerprint density at radius 3 is 2.14 bits per heavy atom. The maximum atomic E-state index is 12.1. The number of nitrogens with zero attached hydrogens (tertiary/aromatic N) is 1. The van der Waals surface area contributed by atoms with Gasteiger partial charge in [-0.1, -0.05) is 23.2 Å². The molecule has 1 rings (SSSR count). The van der Waals surface area contributed by atoms with Gasteiger partial charge in [0.05, 0.1) is 15.7 Å². The first-order valence-corrected chi connectivity index (χ1v) is 7.41. The molecular formula is C14H19Cl2N3O2. The number of nitrogens with two attached hydrogens (primary N) is 1. The van der Waals surface area contributed by atoms with Gasteiger partial charge in [-0.15, -0.1) is 0 Å². The quantitative estimate of drug-likeness (QED) is 0.814. The van der Waals surface area contributed by atoms with Crippen LogP contribution in [-0.2, 0) is 4.79 Å². The van der Waals surface area contributed by atoms with Crippen LogP contribution in [0.15, 0.2) is 12.1 Å². The molecule has 1 aromatic carbocycles. The molecule has 0 saturated carbocycles. The smallest absolute Gasteiger partial charge is 0.252 e. The van der Waals surface area contributed by atoms with Crippen molar-refractivity contribution in [1.82, 2.24) is 10.2 Å². The van der Waals surface area contributed by atoms with Gasteiger partial charge in [0, 0.05) is 18.7 Å². The van der Waals surface area contributed by atoms with Crippen molar-refractivity contribution < 1.29 is 9.59 Å². The van der Waals surface area contributed by atoms with Crippen molar-refractivity contribution in [3.8, 4) is 0 Å². The Labute approximate surface area is 134 Å². The molecule has 2 amide bonds. The molecule has 21 heavy (non-hydrogen) atoms. The van der Waals surface area contributed by atoms with E-state index in [-0.39, 0.29) is 27.2 Å². The summed E-state index contributed by atoms with van der Waals surface area (Å²) in [7, 11) is 0. The molecule has 1 unspecified atom stereocenters. The lowest BCUT2D eigenvalue weighted by molar-refractivity contribution is -0.132. The maximum Gasteiger partial charge on any atom is 0.252 e. The van der Waals surface area contributed by atoms with Crippen LogP contribution >= 0.6 is 23.2 Å². The molecule has 116 valence electrons. The van der Waals surface area contributed by atoms with Crippen LogP contribution in [0.5, 0.6) is 0 Å². The minimum Gasteiger partial charge on any atom is -0.396 e. The monoisotopic (exact) mass is 331 g/mol. The van der Waals surface area contributed by atoms with Crippen LogP contribution in [0, 0.1) is 0 Å². The fraction of sp³-hybridized carbons (Fsp3) is 0.429. The van der Waals surface area contributed by atoms with E-state index in [1.807, 2.05) is 13.8 Å². The van der Waals surface area contributed by atoms with E-state index in [4.69, 9.17) is 28.9 Å². The van der Waals surface area contributed by atoms with Gasteiger partial charge in [0.15, 0.2) is 0 Å². The fourth-order valence-electron chi connectivity index (χ4n) is 1.87. The van der Waals surface area contributed by atoms with E-state index >= 15 is 0 Å². The predicted octanol–water partition coefficient (Wildman–Crippen LogP) is 2.56. The number of carbonyl (C=O) groups excluding carboxylic acids is 2. The van der Waals surface area contributed by atoms with E-state index < -0.39 is 11.9 Å². The summed E-state index contributed by atoms with van der Waals surface area (Å²) in [6, 6.07) is 2.21. The molecule has 0 aliphatic carbocycles. The third kappa shape index (κ3) is 4.25. The molecule has 0 heterocycles. The molecular weight excluding hydrogens is 313 g/mol. The number of halogens is 2. The van der Waals surface area contributed by atoms with E-state index in [0.29, 0.717) is 13.1 Å². The highest BCUT2D eigenvalue weighted by Crippen LogP contribution is 2.28. The van der Waals surface area contributed by atoms with Gasteiger partial charge in [-0.05, 0) is 32.9 Å². The molecule has 3 N–H and O–H groups in total. The minimum atomic E-state index is -0.632. The summed E-state index contributed by atoms with van der Waals surface area (Å²) in [5, 5.41) is 3.04. The Kier molecular flexibility index (Phi) is 6.30. The average molecular weight is 332 g/mol. The van der Waals surface area contributed by atoms with Gasteiger partial charge in [0.2, 0.25) is 5.91 Å². The van der Waals surface area contributed by atoms with Gasteiger partial charge in [0.25, 0.3) is 5.91 Å². The molecule has 0 fully saturated rings. The van der Waals surface area contributed by atoms with Crippen LogP contribution in [0.1, 0.15) is 31.1 Å². The Morgan fingerprint density at radius 2 is 1.71 bits per heavy atom. The van der Waals surface area contributed by atoms with Crippen molar-refractivity contribution in [1.29, 1.82) is 0 Å². The topological polar surface area (TPSA) is 75.4 Å². The lowest BCUT2D eigenvalue weighted by atomic mass is 10.1. The van der Waals surface area contributed by atoms with Crippen molar-refractivity contribution in [2.75, 3.05) is 18.8 Å². The number of carbonyl (C=O) groups is 2. The molecule has 7 heteroatoms. The summed E-state index contributed by atoms with van der Waals surface area (Å²) in [6.45, 7) is 6.59. The van der Waals surface area contributed by atoms with Gasteiger partial charge < -0.3 is 16.0 Å². The van der Waals surface area contributed by atoms with Crippen LogP contribution in [-0.4, -0.2) is 35.8 Å². The second-order valence-electron chi connectivity index (χ2n) is 4.56. The predicted molar refractivity (Wildman–Crippen MR) is 85.7 cm³/mol. The molecule has 0 aliphatic rings. The second-order valence-corrected chi connectivity index (χ2v) is 5.37. The Hall–Kier alpha value is -1.46. The van der Waals surface area contributed by atoms with Gasteiger partial charge in [-0.3, -0.25) is 9.59 Å². The zero-order valence-corrected chi connectivity index (χ0v) is 13.8. The van der Waals surface area contributed by atoms with Crippen molar-refractivity contribution in [3.05, 3.63) is 27.7 Å². The highest BCUT2D eigenvalue weighted by molar-refractivity contribution is 6.39. The summed E-state index contributed by atoms with van der Waals surface area (Å²) in [6.07, 6.45) is 0. The van der Waals surface area contributed by atoms with Crippen LogP contribution in [0.4, 0.5) is 5.69 Å². The molecule has 0 bridgehead atoms. The van der Waals surface area contributed by atoms with Gasteiger partial charge >= 0.3 is 0 Å². The number of nitrogen functional groups attached to an aromatic ring is 1. The van der Waals surface area contributed by atoms with Crippen molar-refractivity contribution in [3.63, 3.8) is 0 Å². The summed E-state index contributed by atoms with van der Waals surface area (Å²) in [4.78, 5) is 25.9. The zero-order chi connectivity index (χ0) is 16.2. The van der Waals surface area contributed by atoms with Gasteiger partial charge in [-0.2, -0.15) is 0 Å². The Balaban J connectivity index is 2.84. The van der Waals surface area contributed by atoms with Crippen LogP contribution in [0.25, 0.3) is 0 Å². The number of nitrogens with one attached hydrogen (secondary N) is 1. The normalized spacial score (nSPS) is 11.9. The summed E-state index contributed by atoms with van der Waals surface area (Å²) < 4.78 is 0. The molecule has 0 aromatic heterocycles. The lowest BCUT2D eigenvalue weighted by Gasteiger charge is -2.23. The molecule has 1 atom stereocenters. The minimum absolute atomic E-state index is 0.138. The average Bonchev–Trinajstić information content (AvgIpc) is 2.45. The highest BCUT2D eigenvalue weighted by Gasteiger charge is 2.21. The number of hydrogen-bond donors (Lipinski definition) is 2. The SMILES string of the molecule is CCN(CC)C(=O)C(C)NC(=O)c1cc(Cl)c(N)c(Cl)c1. The van der Waals surface area contributed by atoms with Crippen LogP contribution < -0.4 is 11.1 Å². The molecule has 0 aliphatic heterocycles. The van der Waals surface area contributed by atoms with Crippen LogP contribution in [0.3, 0.4) is 0 Å². The summed E-state index contributed by atoms with van der Waals surface area (Å²) >= 11 is 11.8. The second kappa shape index (κ2) is 7.52. The van der Waals surface area contributed by atoms with E-state index in [2.05, 4.69) is 5.32 Å². The van der Waals surface area contributed by atoms with E-state index in [1.165, 1.54) is 12.1 Å². The number of rotatable bonds is 5. The van der Waals surface area contributed by atoms with Crippen molar-refractivity contribution in [2.45, 2.75) is 26.8 Å². The van der Waals surface area contributed by atoms with Crippen molar-refractivity contribution in [2.24, 2.45) is 0 Å². The number of amides is 2. The first kappa shape index (κ1) is 17.6. The standard InChI is InChI=1S/C14H19Cl2N3O2/c1-4-19(5-2)14(21)8(3)18-13(20)9-6-10(15)12(17)11(16)7-9/h6-8H,4-5,17H2,1-3H3,(H,18,20). The molecule has 0 saturated heterocycles. The summed E-state index contributed by atoms with van der Waals surface area (Å²) in [5.41, 5.74) is 6.11. The first-order valence-electron chi connectivity index (χ1n) is 6.65. The fourth-order valence-corrected chi connectivity index (χ4v) is 2.35. The van der Waals surface area contributed by atoms with E-state index in [1.54, 1.807) is 11.8 Å². The third-order valence-electron chi connectivity index (χ3n) is 3.13. The highest BCUT2D eigenvalue weighted by atomic mass is 35.5.